The number of halogens is 1. The maximum Gasteiger partial charge on any atom is 0.273 e. The van der Waals surface area contributed by atoms with Gasteiger partial charge in [0.05, 0.1) is 11.3 Å². The zero-order chi connectivity index (χ0) is 17.8. The first-order valence-corrected chi connectivity index (χ1v) is 8.34. The highest BCUT2D eigenvalue weighted by Crippen LogP contribution is 2.27. The fourth-order valence-corrected chi connectivity index (χ4v) is 3.05. The van der Waals surface area contributed by atoms with E-state index < -0.39 is 10.8 Å². The van der Waals surface area contributed by atoms with Crippen LogP contribution in [0.3, 0.4) is 0 Å². The molecule has 0 radical (unpaired) electrons. The van der Waals surface area contributed by atoms with Gasteiger partial charge in [0.2, 0.25) is 11.0 Å². The summed E-state index contributed by atoms with van der Waals surface area (Å²) in [5, 5.41) is 23.1. The van der Waals surface area contributed by atoms with E-state index in [1.807, 2.05) is 12.1 Å². The Balaban J connectivity index is 1.70. The lowest BCUT2D eigenvalue weighted by molar-refractivity contribution is -0.385. The molecule has 0 atom stereocenters. The van der Waals surface area contributed by atoms with Gasteiger partial charge in [-0.3, -0.25) is 14.9 Å². The number of carbonyl (C=O) groups is 1. The zero-order valence-corrected chi connectivity index (χ0v) is 14.3. The standard InChI is InChI=1S/C16H11ClN4O3S/c17-12-7-5-10(6-8-12)15-19-20-16(25-15)18-14(22)9-11-3-1-2-4-13(11)21(23)24/h1-8H,9H2,(H,18,20,22). The van der Waals surface area contributed by atoms with Gasteiger partial charge in [-0.15, -0.1) is 10.2 Å². The number of nitro benzene ring substituents is 1. The maximum atomic E-state index is 12.1. The molecule has 0 spiro atoms. The van der Waals surface area contributed by atoms with Crippen molar-refractivity contribution in [2.24, 2.45) is 0 Å². The number of hydrogen-bond acceptors (Lipinski definition) is 6. The Bertz CT molecular complexity index is 927. The largest absolute Gasteiger partial charge is 0.300 e. The van der Waals surface area contributed by atoms with Crippen LogP contribution < -0.4 is 5.32 Å². The van der Waals surface area contributed by atoms with Crippen molar-refractivity contribution in [2.75, 3.05) is 5.32 Å². The highest BCUT2D eigenvalue weighted by molar-refractivity contribution is 7.18. The van der Waals surface area contributed by atoms with Gasteiger partial charge in [0, 0.05) is 22.2 Å². The Kier molecular flexibility index (Phi) is 5.01. The Morgan fingerprint density at radius 3 is 2.60 bits per heavy atom. The first-order valence-electron chi connectivity index (χ1n) is 7.14. The van der Waals surface area contributed by atoms with Gasteiger partial charge in [-0.05, 0) is 12.1 Å². The third-order valence-electron chi connectivity index (χ3n) is 3.30. The first-order chi connectivity index (χ1) is 12.0. The Morgan fingerprint density at radius 1 is 1.16 bits per heavy atom. The summed E-state index contributed by atoms with van der Waals surface area (Å²) in [6.45, 7) is 0. The first kappa shape index (κ1) is 17.0. The predicted octanol–water partition coefficient (Wildman–Crippen LogP) is 3.95. The van der Waals surface area contributed by atoms with Crippen molar-refractivity contribution < 1.29 is 9.72 Å². The molecule has 25 heavy (non-hydrogen) atoms. The molecule has 3 aromatic rings. The molecule has 9 heteroatoms. The summed E-state index contributed by atoms with van der Waals surface area (Å²) in [6.07, 6.45) is -0.118. The Labute approximate surface area is 151 Å². The van der Waals surface area contributed by atoms with E-state index in [2.05, 4.69) is 15.5 Å². The van der Waals surface area contributed by atoms with E-state index in [4.69, 9.17) is 11.6 Å². The van der Waals surface area contributed by atoms with Crippen molar-refractivity contribution in [3.05, 3.63) is 69.2 Å². The van der Waals surface area contributed by atoms with Gasteiger partial charge in [0.25, 0.3) is 5.69 Å². The molecule has 1 N–H and O–H groups in total. The molecule has 0 bridgehead atoms. The fraction of sp³-hybridized carbons (Fsp3) is 0.0625. The molecule has 7 nitrogen and oxygen atoms in total. The van der Waals surface area contributed by atoms with Crippen LogP contribution in [0.1, 0.15) is 5.56 Å². The summed E-state index contributed by atoms with van der Waals surface area (Å²) in [6, 6.07) is 13.2. The third kappa shape index (κ3) is 4.17. The second kappa shape index (κ2) is 7.37. The van der Waals surface area contributed by atoms with E-state index in [1.165, 1.54) is 17.4 Å². The van der Waals surface area contributed by atoms with Gasteiger partial charge in [-0.1, -0.05) is 53.3 Å². The number of nitrogens with one attached hydrogen (secondary N) is 1. The van der Waals surface area contributed by atoms with Crippen LogP contribution in [0, 0.1) is 10.1 Å². The summed E-state index contributed by atoms with van der Waals surface area (Å²) in [5.74, 6) is -0.395. The van der Waals surface area contributed by atoms with Crippen molar-refractivity contribution in [3.8, 4) is 10.6 Å². The average molecular weight is 375 g/mol. The molecule has 2 aromatic carbocycles. The summed E-state index contributed by atoms with van der Waals surface area (Å²) >= 11 is 7.06. The third-order valence-corrected chi connectivity index (χ3v) is 4.44. The highest BCUT2D eigenvalue weighted by atomic mass is 35.5. The molecule has 126 valence electrons. The van der Waals surface area contributed by atoms with Crippen LogP contribution in [-0.4, -0.2) is 21.0 Å². The summed E-state index contributed by atoms with van der Waals surface area (Å²) < 4.78 is 0. The molecule has 0 aliphatic heterocycles. The number of rotatable bonds is 5. The monoisotopic (exact) mass is 374 g/mol. The van der Waals surface area contributed by atoms with E-state index in [1.54, 1.807) is 30.3 Å². The van der Waals surface area contributed by atoms with E-state index in [9.17, 15) is 14.9 Å². The molecule has 0 fully saturated rings. The highest BCUT2D eigenvalue weighted by Gasteiger charge is 2.16. The smallest absolute Gasteiger partial charge is 0.273 e. The Morgan fingerprint density at radius 2 is 1.88 bits per heavy atom. The number of para-hydroxylation sites is 1. The number of anilines is 1. The number of aromatic nitrogens is 2. The zero-order valence-electron chi connectivity index (χ0n) is 12.7. The number of nitrogens with zero attached hydrogens (tertiary/aromatic N) is 3. The van der Waals surface area contributed by atoms with Crippen LogP contribution in [0.25, 0.3) is 10.6 Å². The fourth-order valence-electron chi connectivity index (χ4n) is 2.16. The lowest BCUT2D eigenvalue weighted by atomic mass is 10.1. The molecular formula is C16H11ClN4O3S. The van der Waals surface area contributed by atoms with Gasteiger partial charge in [-0.25, -0.2) is 0 Å². The minimum absolute atomic E-state index is 0.0863. The van der Waals surface area contributed by atoms with Crippen LogP contribution in [0.5, 0.6) is 0 Å². The molecular weight excluding hydrogens is 364 g/mol. The minimum atomic E-state index is -0.508. The molecule has 1 aromatic heterocycles. The SMILES string of the molecule is O=C(Cc1ccccc1[N+](=O)[O-])Nc1nnc(-c2ccc(Cl)cc2)s1. The minimum Gasteiger partial charge on any atom is -0.300 e. The average Bonchev–Trinajstić information content (AvgIpc) is 3.04. The molecule has 0 unspecified atom stereocenters. The van der Waals surface area contributed by atoms with Gasteiger partial charge < -0.3 is 5.32 Å². The topological polar surface area (TPSA) is 98.0 Å². The molecule has 0 aliphatic rings. The number of amides is 1. The van der Waals surface area contributed by atoms with Gasteiger partial charge >= 0.3 is 0 Å². The van der Waals surface area contributed by atoms with Gasteiger partial charge in [-0.2, -0.15) is 0 Å². The second-order valence-corrected chi connectivity index (χ2v) is 6.44. The second-order valence-electron chi connectivity index (χ2n) is 5.03. The molecule has 0 aliphatic carbocycles. The lowest BCUT2D eigenvalue weighted by Crippen LogP contribution is -2.15. The molecule has 0 saturated heterocycles. The lowest BCUT2D eigenvalue weighted by Gasteiger charge is -2.02. The van der Waals surface area contributed by atoms with E-state index in [-0.39, 0.29) is 12.1 Å². The van der Waals surface area contributed by atoms with Crippen LogP contribution >= 0.6 is 22.9 Å². The molecule has 1 amide bonds. The molecule has 0 saturated carbocycles. The van der Waals surface area contributed by atoms with Crippen LogP contribution in [0.15, 0.2) is 48.5 Å². The summed E-state index contributed by atoms with van der Waals surface area (Å²) in [5.41, 5.74) is 1.09. The van der Waals surface area contributed by atoms with Crippen molar-refractivity contribution in [1.29, 1.82) is 0 Å². The van der Waals surface area contributed by atoms with E-state index in [0.29, 0.717) is 20.7 Å². The molecule has 1 heterocycles. The van der Waals surface area contributed by atoms with Gasteiger partial charge in [0.1, 0.15) is 5.01 Å². The van der Waals surface area contributed by atoms with E-state index >= 15 is 0 Å². The number of carbonyl (C=O) groups excluding carboxylic acids is 1. The van der Waals surface area contributed by atoms with E-state index in [0.717, 1.165) is 5.56 Å². The maximum absolute atomic E-state index is 12.1. The Hall–Kier alpha value is -2.84. The van der Waals surface area contributed by atoms with Gasteiger partial charge in [0.15, 0.2) is 0 Å². The normalized spacial score (nSPS) is 10.4. The number of benzene rings is 2. The van der Waals surface area contributed by atoms with Crippen LogP contribution in [0.2, 0.25) is 5.02 Å². The van der Waals surface area contributed by atoms with Crippen LogP contribution in [-0.2, 0) is 11.2 Å². The van der Waals surface area contributed by atoms with Crippen molar-refractivity contribution in [1.82, 2.24) is 10.2 Å². The number of hydrogen-bond donors (Lipinski definition) is 1. The predicted molar refractivity (Wildman–Crippen MR) is 95.8 cm³/mol. The van der Waals surface area contributed by atoms with Crippen LogP contribution in [0.4, 0.5) is 10.8 Å². The summed E-state index contributed by atoms with van der Waals surface area (Å²) in [4.78, 5) is 22.6. The van der Waals surface area contributed by atoms with Crippen molar-refractivity contribution in [3.63, 3.8) is 0 Å². The number of nitro groups is 1. The van der Waals surface area contributed by atoms with Crippen molar-refractivity contribution in [2.45, 2.75) is 6.42 Å². The summed E-state index contributed by atoms with van der Waals surface area (Å²) in [7, 11) is 0. The van der Waals surface area contributed by atoms with Crippen molar-refractivity contribution >= 4 is 39.7 Å². The quantitative estimate of drug-likeness (QED) is 0.538. The molecule has 3 rings (SSSR count).